The largest absolute Gasteiger partial charge is 0.326 e. The summed E-state index contributed by atoms with van der Waals surface area (Å²) in [5.74, 6) is -0.0905. The molecule has 3 rings (SSSR count). The van der Waals surface area contributed by atoms with Crippen LogP contribution in [0.15, 0.2) is 35.2 Å². The number of sulfonamides is 1. The molecular weight excluding hydrogens is 376 g/mol. The smallest absolute Gasteiger partial charge is 0.264 e. The van der Waals surface area contributed by atoms with Crippen LogP contribution in [0.4, 0.5) is 11.6 Å². The first-order chi connectivity index (χ1) is 12.8. The van der Waals surface area contributed by atoms with Gasteiger partial charge in [-0.2, -0.15) is 0 Å². The zero-order valence-electron chi connectivity index (χ0n) is 17.0. The van der Waals surface area contributed by atoms with Gasteiger partial charge >= 0.3 is 0 Å². The van der Waals surface area contributed by atoms with Gasteiger partial charge in [0.15, 0.2) is 0 Å². The molecule has 7 nitrogen and oxygen atoms in total. The van der Waals surface area contributed by atoms with Crippen LogP contribution in [0.25, 0.3) is 0 Å². The average Bonchev–Trinajstić information content (AvgIpc) is 2.95. The Hall–Kier alpha value is -2.48. The van der Waals surface area contributed by atoms with Gasteiger partial charge in [0.2, 0.25) is 11.9 Å². The lowest BCUT2D eigenvalue weighted by atomic mass is 10.0. The zero-order valence-corrected chi connectivity index (χ0v) is 17.8. The lowest BCUT2D eigenvalue weighted by Crippen LogP contribution is -2.18. The van der Waals surface area contributed by atoms with Gasteiger partial charge in [0.1, 0.15) is 0 Å². The summed E-state index contributed by atoms with van der Waals surface area (Å²) in [6.07, 6.45) is 0. The number of benzene rings is 1. The van der Waals surface area contributed by atoms with Crippen molar-refractivity contribution in [2.75, 3.05) is 10.0 Å². The number of aromatic nitrogens is 2. The number of anilines is 2. The monoisotopic (exact) mass is 402 g/mol. The molecule has 150 valence electrons. The van der Waals surface area contributed by atoms with Crippen molar-refractivity contribution in [1.29, 1.82) is 0 Å². The van der Waals surface area contributed by atoms with Crippen molar-refractivity contribution in [2.24, 2.45) is 16.7 Å². The van der Waals surface area contributed by atoms with Crippen molar-refractivity contribution < 1.29 is 13.2 Å². The minimum Gasteiger partial charge on any atom is -0.326 e. The van der Waals surface area contributed by atoms with Crippen LogP contribution in [0.3, 0.4) is 0 Å². The number of rotatable bonds is 5. The number of nitrogens with one attached hydrogen (secondary N) is 2. The van der Waals surface area contributed by atoms with Crippen molar-refractivity contribution in [3.05, 3.63) is 41.7 Å². The molecule has 1 aromatic carbocycles. The van der Waals surface area contributed by atoms with Crippen LogP contribution in [-0.4, -0.2) is 24.3 Å². The maximum absolute atomic E-state index is 12.6. The Morgan fingerprint density at radius 1 is 0.964 bits per heavy atom. The first kappa shape index (κ1) is 20.3. The molecule has 0 unspecified atom stereocenters. The van der Waals surface area contributed by atoms with Gasteiger partial charge in [0, 0.05) is 23.0 Å². The number of carbonyl (C=O) groups excluding carboxylic acids is 1. The lowest BCUT2D eigenvalue weighted by molar-refractivity contribution is -0.118. The fraction of sp³-hybridized carbons (Fsp3) is 0.450. The highest BCUT2D eigenvalue weighted by atomic mass is 32.2. The zero-order chi connectivity index (χ0) is 20.9. The fourth-order valence-corrected chi connectivity index (χ4v) is 4.68. The molecule has 28 heavy (non-hydrogen) atoms. The molecule has 1 amide bonds. The summed E-state index contributed by atoms with van der Waals surface area (Å²) < 4.78 is 27.5. The van der Waals surface area contributed by atoms with Crippen molar-refractivity contribution in [3.8, 4) is 0 Å². The molecule has 2 N–H and O–H groups in total. The third-order valence-corrected chi connectivity index (χ3v) is 7.27. The maximum Gasteiger partial charge on any atom is 0.264 e. The quantitative estimate of drug-likeness (QED) is 0.797. The second-order valence-electron chi connectivity index (χ2n) is 8.47. The number of hydrogen-bond acceptors (Lipinski definition) is 5. The maximum atomic E-state index is 12.6. The molecule has 1 fully saturated rings. The molecule has 0 saturated heterocycles. The Labute approximate surface area is 166 Å². The van der Waals surface area contributed by atoms with Gasteiger partial charge in [-0.3, -0.25) is 4.79 Å². The van der Waals surface area contributed by atoms with E-state index in [2.05, 4.69) is 47.7 Å². The first-order valence-electron chi connectivity index (χ1n) is 9.10. The molecule has 0 atom stereocenters. The van der Waals surface area contributed by atoms with Crippen LogP contribution in [0.5, 0.6) is 0 Å². The first-order valence-corrected chi connectivity index (χ1v) is 10.6. The normalized spacial score (nSPS) is 17.8. The molecule has 0 radical (unpaired) electrons. The van der Waals surface area contributed by atoms with E-state index in [9.17, 15) is 13.2 Å². The summed E-state index contributed by atoms with van der Waals surface area (Å²) in [6.45, 7) is 11.8. The Bertz CT molecular complexity index is 994. The number of amides is 1. The van der Waals surface area contributed by atoms with E-state index in [1.54, 1.807) is 32.0 Å². The van der Waals surface area contributed by atoms with Gasteiger partial charge in [0.05, 0.1) is 4.90 Å². The van der Waals surface area contributed by atoms with Crippen LogP contribution >= 0.6 is 0 Å². The molecule has 1 aliphatic carbocycles. The predicted octanol–water partition coefficient (Wildman–Crippen LogP) is 3.51. The number of carbonyl (C=O) groups is 1. The van der Waals surface area contributed by atoms with E-state index in [4.69, 9.17) is 0 Å². The summed E-state index contributed by atoms with van der Waals surface area (Å²) >= 11 is 0. The molecule has 8 heteroatoms. The van der Waals surface area contributed by atoms with Gasteiger partial charge in [-0.15, -0.1) is 0 Å². The summed E-state index contributed by atoms with van der Waals surface area (Å²) in [5, 5.41) is 2.88. The minimum absolute atomic E-state index is 0.0353. The van der Waals surface area contributed by atoms with E-state index in [0.717, 1.165) is 0 Å². The summed E-state index contributed by atoms with van der Waals surface area (Å²) in [4.78, 5) is 20.8. The molecule has 0 aliphatic heterocycles. The topological polar surface area (TPSA) is 101 Å². The molecule has 0 spiro atoms. The van der Waals surface area contributed by atoms with Crippen LogP contribution in [0.2, 0.25) is 0 Å². The number of hydrogen-bond donors (Lipinski definition) is 2. The van der Waals surface area contributed by atoms with Gasteiger partial charge in [-0.1, -0.05) is 27.7 Å². The predicted molar refractivity (Wildman–Crippen MR) is 108 cm³/mol. The van der Waals surface area contributed by atoms with Crippen molar-refractivity contribution in [2.45, 2.75) is 46.4 Å². The highest BCUT2D eigenvalue weighted by molar-refractivity contribution is 7.92. The second kappa shape index (κ2) is 6.55. The number of aryl methyl sites for hydroxylation is 2. The van der Waals surface area contributed by atoms with Gasteiger partial charge in [-0.25, -0.2) is 23.1 Å². The van der Waals surface area contributed by atoms with E-state index in [1.807, 2.05) is 0 Å². The van der Waals surface area contributed by atoms with Crippen LogP contribution < -0.4 is 10.0 Å². The van der Waals surface area contributed by atoms with E-state index >= 15 is 0 Å². The molecular formula is C20H26N4O3S. The number of nitrogens with zero attached hydrogens (tertiary/aromatic N) is 2. The standard InChI is InChI=1S/C20H26N4O3S/c1-12-11-13(2)22-18(21-12)24-28(26,27)15-9-7-14(8-10-15)23-17(25)16-19(3,4)20(16,5)6/h7-11,16H,1-6H3,(H,23,25)(H,21,22,24). The Balaban J connectivity index is 1.72. The average molecular weight is 403 g/mol. The Morgan fingerprint density at radius 2 is 1.46 bits per heavy atom. The van der Waals surface area contributed by atoms with Crippen LogP contribution in [0, 0.1) is 30.6 Å². The second-order valence-corrected chi connectivity index (χ2v) is 10.2. The van der Waals surface area contributed by atoms with E-state index in [0.29, 0.717) is 17.1 Å². The van der Waals surface area contributed by atoms with Crippen LogP contribution in [-0.2, 0) is 14.8 Å². The van der Waals surface area contributed by atoms with E-state index in [-0.39, 0.29) is 33.5 Å². The summed E-state index contributed by atoms with van der Waals surface area (Å²) in [7, 11) is -3.82. The summed E-state index contributed by atoms with van der Waals surface area (Å²) in [6, 6.07) is 7.82. The SMILES string of the molecule is Cc1cc(C)nc(NS(=O)(=O)c2ccc(NC(=O)C3C(C)(C)C3(C)C)cc2)n1. The Morgan fingerprint density at radius 3 is 1.93 bits per heavy atom. The van der Waals surface area contributed by atoms with E-state index in [1.165, 1.54) is 12.1 Å². The molecule has 2 aromatic rings. The Kier molecular flexibility index (Phi) is 4.74. The fourth-order valence-electron chi connectivity index (χ4n) is 3.73. The highest BCUT2D eigenvalue weighted by Crippen LogP contribution is 2.68. The van der Waals surface area contributed by atoms with Crippen molar-refractivity contribution >= 4 is 27.6 Å². The summed E-state index contributed by atoms with van der Waals surface area (Å²) in [5.41, 5.74) is 1.79. The third kappa shape index (κ3) is 3.61. The highest BCUT2D eigenvalue weighted by Gasteiger charge is 2.68. The van der Waals surface area contributed by atoms with Gasteiger partial charge < -0.3 is 5.32 Å². The molecule has 1 aliphatic rings. The van der Waals surface area contributed by atoms with E-state index < -0.39 is 10.0 Å². The molecule has 1 heterocycles. The molecule has 1 saturated carbocycles. The lowest BCUT2D eigenvalue weighted by Gasteiger charge is -2.10. The molecule has 1 aromatic heterocycles. The van der Waals surface area contributed by atoms with Gasteiger partial charge in [-0.05, 0) is 55.0 Å². The van der Waals surface area contributed by atoms with Crippen molar-refractivity contribution in [1.82, 2.24) is 9.97 Å². The van der Waals surface area contributed by atoms with Crippen LogP contribution in [0.1, 0.15) is 39.1 Å². The van der Waals surface area contributed by atoms with Crippen molar-refractivity contribution in [3.63, 3.8) is 0 Å². The van der Waals surface area contributed by atoms with Gasteiger partial charge in [0.25, 0.3) is 10.0 Å². The minimum atomic E-state index is -3.82. The third-order valence-electron chi connectivity index (χ3n) is 5.92. The molecule has 0 bridgehead atoms.